The molecule has 3 N–H and O–H groups in total. The number of urea groups is 1. The molecule has 0 aromatic carbocycles. The van der Waals surface area contributed by atoms with E-state index in [0.717, 1.165) is 6.08 Å². The number of carbonyl (C=O) groups excluding carboxylic acids is 2. The largest absolute Gasteiger partial charge is 0.478 e. The van der Waals surface area contributed by atoms with E-state index in [1.165, 1.54) is 12.8 Å². The van der Waals surface area contributed by atoms with Crippen molar-refractivity contribution in [2.24, 2.45) is 11.8 Å². The van der Waals surface area contributed by atoms with Gasteiger partial charge < -0.3 is 10.4 Å². The fourth-order valence-electron chi connectivity index (χ4n) is 1.43. The van der Waals surface area contributed by atoms with E-state index >= 15 is 0 Å². The summed E-state index contributed by atoms with van der Waals surface area (Å²) >= 11 is 0. The van der Waals surface area contributed by atoms with Crippen LogP contribution < -0.4 is 10.6 Å². The van der Waals surface area contributed by atoms with Crippen molar-refractivity contribution < 1.29 is 19.5 Å². The Morgan fingerprint density at radius 3 is 2.53 bits per heavy atom. The lowest BCUT2D eigenvalue weighted by Gasteiger charge is -2.10. The van der Waals surface area contributed by atoms with Gasteiger partial charge in [-0.05, 0) is 24.7 Å². The van der Waals surface area contributed by atoms with Gasteiger partial charge in [0, 0.05) is 18.7 Å². The molecule has 0 aromatic rings. The fraction of sp³-hybridized carbons (Fsp3) is 0.545. The molecular formula is C11H16N2O4. The number of hydrogen-bond acceptors (Lipinski definition) is 3. The van der Waals surface area contributed by atoms with Crippen molar-refractivity contribution in [3.05, 3.63) is 12.2 Å². The van der Waals surface area contributed by atoms with E-state index in [9.17, 15) is 14.4 Å². The van der Waals surface area contributed by atoms with Crippen molar-refractivity contribution in [2.75, 3.05) is 6.54 Å². The molecule has 0 bridgehead atoms. The van der Waals surface area contributed by atoms with Gasteiger partial charge in [-0.25, -0.2) is 9.59 Å². The highest BCUT2D eigenvalue weighted by Gasteiger charge is 2.27. The molecule has 0 spiro atoms. The zero-order valence-electron chi connectivity index (χ0n) is 9.60. The number of aliphatic carboxylic acids is 1. The van der Waals surface area contributed by atoms with E-state index in [1.54, 1.807) is 0 Å². The van der Waals surface area contributed by atoms with Crippen molar-refractivity contribution in [3.63, 3.8) is 0 Å². The van der Waals surface area contributed by atoms with Gasteiger partial charge in [0.15, 0.2) is 0 Å². The van der Waals surface area contributed by atoms with Crippen LogP contribution in [0, 0.1) is 11.8 Å². The highest BCUT2D eigenvalue weighted by molar-refractivity contribution is 6.02. The maximum Gasteiger partial charge on any atom is 0.328 e. The van der Waals surface area contributed by atoms with Gasteiger partial charge >= 0.3 is 12.0 Å². The Balaban J connectivity index is 2.19. The summed E-state index contributed by atoms with van der Waals surface area (Å²) in [6, 6.07) is -0.600. The molecule has 0 radical (unpaired) electrons. The van der Waals surface area contributed by atoms with Gasteiger partial charge in [-0.3, -0.25) is 10.1 Å². The van der Waals surface area contributed by atoms with Crippen LogP contribution in [0.15, 0.2) is 12.2 Å². The second kappa shape index (κ2) is 6.03. The molecule has 0 aliphatic heterocycles. The Hall–Kier alpha value is -1.85. The van der Waals surface area contributed by atoms with Crippen molar-refractivity contribution in [3.8, 4) is 0 Å². The van der Waals surface area contributed by atoms with Gasteiger partial charge in [-0.2, -0.15) is 0 Å². The highest BCUT2D eigenvalue weighted by atomic mass is 16.4. The summed E-state index contributed by atoms with van der Waals surface area (Å²) in [6.45, 7) is 2.57. The van der Waals surface area contributed by atoms with Gasteiger partial charge in [0.05, 0.1) is 0 Å². The number of carbonyl (C=O) groups is 3. The van der Waals surface area contributed by atoms with E-state index in [4.69, 9.17) is 5.11 Å². The summed E-state index contributed by atoms with van der Waals surface area (Å²) < 4.78 is 0. The molecule has 0 heterocycles. The average Bonchev–Trinajstić information content (AvgIpc) is 3.06. The second-order valence-corrected chi connectivity index (χ2v) is 4.19. The molecule has 1 rings (SSSR count). The Bertz CT molecular complexity index is 347. The topological polar surface area (TPSA) is 95.5 Å². The Kier molecular flexibility index (Phi) is 4.68. The first kappa shape index (κ1) is 13.2. The number of nitrogens with one attached hydrogen (secondary N) is 2. The summed E-state index contributed by atoms with van der Waals surface area (Å²) in [5, 5.41) is 12.9. The fourth-order valence-corrected chi connectivity index (χ4v) is 1.43. The minimum absolute atomic E-state index is 0.408. The minimum atomic E-state index is -1.23. The van der Waals surface area contributed by atoms with Crippen LogP contribution in [0.2, 0.25) is 0 Å². The quantitative estimate of drug-likeness (QED) is 0.610. The van der Waals surface area contributed by atoms with E-state index < -0.39 is 17.9 Å². The van der Waals surface area contributed by atoms with E-state index in [0.29, 0.717) is 24.5 Å². The predicted molar refractivity (Wildman–Crippen MR) is 60.2 cm³/mol. The van der Waals surface area contributed by atoms with Crippen molar-refractivity contribution in [1.82, 2.24) is 10.6 Å². The highest BCUT2D eigenvalue weighted by Crippen LogP contribution is 2.35. The van der Waals surface area contributed by atoms with Crippen molar-refractivity contribution >= 4 is 17.9 Å². The standard InChI is InChI=1S/C11H16N2O4/c1-7(8-2-3-8)6-12-11(17)13-9(14)4-5-10(15)16/h4-5,7-8H,2-3,6H2,1H3,(H,15,16)(H2,12,13,14,17)/b5-4+. The maximum atomic E-state index is 11.2. The van der Waals surface area contributed by atoms with E-state index in [2.05, 4.69) is 5.32 Å². The molecule has 1 atom stereocenters. The molecule has 0 aromatic heterocycles. The third-order valence-corrected chi connectivity index (χ3v) is 2.63. The number of hydrogen-bond donors (Lipinski definition) is 3. The molecular weight excluding hydrogens is 224 g/mol. The third-order valence-electron chi connectivity index (χ3n) is 2.63. The molecule has 94 valence electrons. The van der Waals surface area contributed by atoms with Crippen LogP contribution in [0.3, 0.4) is 0 Å². The van der Waals surface area contributed by atoms with Gasteiger partial charge in [0.1, 0.15) is 0 Å². The van der Waals surface area contributed by atoms with Gasteiger partial charge in [0.25, 0.3) is 5.91 Å². The first-order valence-corrected chi connectivity index (χ1v) is 5.49. The van der Waals surface area contributed by atoms with Crippen LogP contribution in [0.25, 0.3) is 0 Å². The van der Waals surface area contributed by atoms with Crippen LogP contribution >= 0.6 is 0 Å². The van der Waals surface area contributed by atoms with Crippen LogP contribution in [0.1, 0.15) is 19.8 Å². The summed E-state index contributed by atoms with van der Waals surface area (Å²) in [5.41, 5.74) is 0. The van der Waals surface area contributed by atoms with Crippen LogP contribution in [0.5, 0.6) is 0 Å². The molecule has 1 aliphatic rings. The molecule has 1 unspecified atom stereocenters. The molecule has 6 nitrogen and oxygen atoms in total. The van der Waals surface area contributed by atoms with Gasteiger partial charge in [-0.15, -0.1) is 0 Å². The minimum Gasteiger partial charge on any atom is -0.478 e. The molecule has 1 fully saturated rings. The van der Waals surface area contributed by atoms with Crippen molar-refractivity contribution in [1.29, 1.82) is 0 Å². The summed E-state index contributed by atoms with van der Waals surface area (Å²) in [5.74, 6) is -0.893. The molecule has 1 saturated carbocycles. The van der Waals surface area contributed by atoms with Gasteiger partial charge in [0.2, 0.25) is 0 Å². The molecule has 0 saturated heterocycles. The zero-order valence-corrected chi connectivity index (χ0v) is 9.60. The Morgan fingerprint density at radius 2 is 2.00 bits per heavy atom. The molecule has 3 amide bonds. The first-order chi connectivity index (χ1) is 7.99. The van der Waals surface area contributed by atoms with Crippen LogP contribution in [-0.2, 0) is 9.59 Å². The lowest BCUT2D eigenvalue weighted by atomic mass is 10.1. The smallest absolute Gasteiger partial charge is 0.328 e. The Labute approximate surface area is 99.1 Å². The van der Waals surface area contributed by atoms with Crippen LogP contribution in [0.4, 0.5) is 4.79 Å². The lowest BCUT2D eigenvalue weighted by molar-refractivity contribution is -0.131. The number of carboxylic acid groups (broad SMARTS) is 1. The second-order valence-electron chi connectivity index (χ2n) is 4.19. The predicted octanol–water partition coefficient (Wildman–Crippen LogP) is 0.499. The first-order valence-electron chi connectivity index (χ1n) is 5.49. The number of carboxylic acids is 1. The number of imide groups is 1. The van der Waals surface area contributed by atoms with Gasteiger partial charge in [-0.1, -0.05) is 6.92 Å². The summed E-state index contributed by atoms with van der Waals surface area (Å²) in [6.07, 6.45) is 3.87. The summed E-state index contributed by atoms with van der Waals surface area (Å²) in [7, 11) is 0. The Morgan fingerprint density at radius 1 is 1.35 bits per heavy atom. The normalized spacial score (nSPS) is 16.5. The average molecular weight is 240 g/mol. The van der Waals surface area contributed by atoms with Crippen LogP contribution in [-0.4, -0.2) is 29.6 Å². The molecule has 1 aliphatic carbocycles. The number of amides is 3. The summed E-state index contributed by atoms with van der Waals surface area (Å²) in [4.78, 5) is 32.4. The monoisotopic (exact) mass is 240 g/mol. The lowest BCUT2D eigenvalue weighted by Crippen LogP contribution is -2.40. The van der Waals surface area contributed by atoms with E-state index in [1.807, 2.05) is 12.2 Å². The SMILES string of the molecule is CC(CNC(=O)NC(=O)/C=C/C(=O)O)C1CC1. The van der Waals surface area contributed by atoms with Crippen molar-refractivity contribution in [2.45, 2.75) is 19.8 Å². The molecule has 17 heavy (non-hydrogen) atoms. The number of rotatable bonds is 5. The zero-order chi connectivity index (χ0) is 12.8. The maximum absolute atomic E-state index is 11.2. The van der Waals surface area contributed by atoms with E-state index in [-0.39, 0.29) is 0 Å². The molecule has 6 heteroatoms. The third kappa shape index (κ3) is 5.70.